The number of benzene rings is 1. The molecule has 130 valence electrons. The van der Waals surface area contributed by atoms with Crippen molar-refractivity contribution in [3.05, 3.63) is 35.1 Å². The summed E-state index contributed by atoms with van der Waals surface area (Å²) >= 11 is 0. The molecule has 0 radical (unpaired) electrons. The summed E-state index contributed by atoms with van der Waals surface area (Å²) in [6.07, 6.45) is 0.332. The molecule has 0 bridgehead atoms. The number of carbonyl (C=O) groups excluding carboxylic acids is 1. The van der Waals surface area contributed by atoms with E-state index >= 15 is 0 Å². The highest BCUT2D eigenvalue weighted by Crippen LogP contribution is 2.29. The minimum Gasteiger partial charge on any atom is -0.480 e. The number of aryl methyl sites for hydroxylation is 1. The SMILES string of the molecule is Cc1cc2occ(CC(=O)NC(C(=O)O)C(C)O)c2cc1C(C)C. The number of aliphatic hydroxyl groups excluding tert-OH is 1. The summed E-state index contributed by atoms with van der Waals surface area (Å²) in [6.45, 7) is 7.54. The number of aliphatic hydroxyl groups is 1. The van der Waals surface area contributed by atoms with Gasteiger partial charge in [0, 0.05) is 10.9 Å². The van der Waals surface area contributed by atoms with Crippen LogP contribution in [0, 0.1) is 6.92 Å². The smallest absolute Gasteiger partial charge is 0.328 e. The lowest BCUT2D eigenvalue weighted by molar-refractivity contribution is -0.144. The van der Waals surface area contributed by atoms with Gasteiger partial charge >= 0.3 is 5.97 Å². The van der Waals surface area contributed by atoms with Crippen LogP contribution >= 0.6 is 0 Å². The Kier molecular flexibility index (Phi) is 5.29. The van der Waals surface area contributed by atoms with Crippen LogP contribution in [0.25, 0.3) is 11.0 Å². The van der Waals surface area contributed by atoms with Gasteiger partial charge in [-0.25, -0.2) is 4.79 Å². The lowest BCUT2D eigenvalue weighted by atomic mass is 9.95. The Labute approximate surface area is 140 Å². The van der Waals surface area contributed by atoms with Crippen molar-refractivity contribution in [1.29, 1.82) is 0 Å². The van der Waals surface area contributed by atoms with Gasteiger partial charge in [0.15, 0.2) is 6.04 Å². The van der Waals surface area contributed by atoms with E-state index in [1.807, 2.05) is 19.1 Å². The quantitative estimate of drug-likeness (QED) is 0.753. The summed E-state index contributed by atoms with van der Waals surface area (Å²) < 4.78 is 5.52. The van der Waals surface area contributed by atoms with Crippen molar-refractivity contribution in [3.8, 4) is 0 Å². The van der Waals surface area contributed by atoms with E-state index in [2.05, 4.69) is 19.2 Å². The van der Waals surface area contributed by atoms with Crippen LogP contribution in [0.3, 0.4) is 0 Å². The van der Waals surface area contributed by atoms with Crippen molar-refractivity contribution >= 4 is 22.8 Å². The van der Waals surface area contributed by atoms with Gasteiger partial charge in [-0.3, -0.25) is 4.79 Å². The molecule has 0 fully saturated rings. The zero-order valence-electron chi connectivity index (χ0n) is 14.3. The fraction of sp³-hybridized carbons (Fsp3) is 0.444. The highest BCUT2D eigenvalue weighted by Gasteiger charge is 2.25. The van der Waals surface area contributed by atoms with Crippen molar-refractivity contribution in [2.45, 2.75) is 52.2 Å². The van der Waals surface area contributed by atoms with E-state index in [-0.39, 0.29) is 6.42 Å². The summed E-state index contributed by atoms with van der Waals surface area (Å²) in [7, 11) is 0. The van der Waals surface area contributed by atoms with Gasteiger partial charge < -0.3 is 19.9 Å². The number of hydrogen-bond acceptors (Lipinski definition) is 4. The predicted molar refractivity (Wildman–Crippen MR) is 90.0 cm³/mol. The van der Waals surface area contributed by atoms with Crippen LogP contribution in [0.2, 0.25) is 0 Å². The van der Waals surface area contributed by atoms with E-state index in [1.54, 1.807) is 0 Å². The van der Waals surface area contributed by atoms with Crippen molar-refractivity contribution in [1.82, 2.24) is 5.32 Å². The summed E-state index contributed by atoms with van der Waals surface area (Å²) in [5, 5.41) is 21.7. The van der Waals surface area contributed by atoms with Crippen LogP contribution in [0.4, 0.5) is 0 Å². The molecular weight excluding hydrogens is 310 g/mol. The average Bonchev–Trinajstić information content (AvgIpc) is 2.84. The number of carboxylic acids is 1. The first-order chi connectivity index (χ1) is 11.2. The summed E-state index contributed by atoms with van der Waals surface area (Å²) in [4.78, 5) is 23.2. The first-order valence-electron chi connectivity index (χ1n) is 7.91. The molecule has 1 heterocycles. The summed E-state index contributed by atoms with van der Waals surface area (Å²) in [5.74, 6) is -1.40. The Balaban J connectivity index is 2.25. The number of nitrogens with one attached hydrogen (secondary N) is 1. The molecule has 2 aromatic rings. The standard InChI is InChI=1S/C18H23NO5/c1-9(2)13-7-14-12(8-24-15(14)5-10(13)3)6-16(21)19-17(11(4)20)18(22)23/h5,7-9,11,17,20H,6H2,1-4H3,(H,19,21)(H,22,23). The molecule has 0 aliphatic heterocycles. The second-order valence-electron chi connectivity index (χ2n) is 6.42. The fourth-order valence-corrected chi connectivity index (χ4v) is 2.79. The van der Waals surface area contributed by atoms with E-state index in [0.29, 0.717) is 17.1 Å². The maximum atomic E-state index is 12.1. The molecule has 0 spiro atoms. The second kappa shape index (κ2) is 7.05. The number of rotatable bonds is 6. The van der Waals surface area contributed by atoms with Crippen molar-refractivity contribution < 1.29 is 24.2 Å². The van der Waals surface area contributed by atoms with Gasteiger partial charge in [-0.1, -0.05) is 13.8 Å². The van der Waals surface area contributed by atoms with Crippen LogP contribution < -0.4 is 5.32 Å². The Hall–Kier alpha value is -2.34. The Morgan fingerprint density at radius 3 is 2.46 bits per heavy atom. The Morgan fingerprint density at radius 1 is 1.25 bits per heavy atom. The molecule has 6 nitrogen and oxygen atoms in total. The van der Waals surface area contributed by atoms with Gasteiger partial charge in [-0.2, -0.15) is 0 Å². The molecule has 0 aliphatic rings. The number of furan rings is 1. The molecule has 0 aliphatic carbocycles. The van der Waals surface area contributed by atoms with Crippen molar-refractivity contribution in [3.63, 3.8) is 0 Å². The lowest BCUT2D eigenvalue weighted by Gasteiger charge is -2.16. The molecule has 1 amide bonds. The van der Waals surface area contributed by atoms with Gasteiger partial charge in [0.2, 0.25) is 5.91 Å². The second-order valence-corrected chi connectivity index (χ2v) is 6.42. The van der Waals surface area contributed by atoms with Gasteiger partial charge in [-0.15, -0.1) is 0 Å². The zero-order valence-corrected chi connectivity index (χ0v) is 14.3. The van der Waals surface area contributed by atoms with Crippen LogP contribution in [0.1, 0.15) is 43.4 Å². The number of carbonyl (C=O) groups is 2. The van der Waals surface area contributed by atoms with E-state index < -0.39 is 24.0 Å². The minimum absolute atomic E-state index is 0.00983. The Bertz CT molecular complexity index is 760. The topological polar surface area (TPSA) is 99.8 Å². The predicted octanol–water partition coefficient (Wildman–Crippen LogP) is 2.36. The van der Waals surface area contributed by atoms with E-state index in [9.17, 15) is 14.7 Å². The molecule has 24 heavy (non-hydrogen) atoms. The maximum Gasteiger partial charge on any atom is 0.328 e. The fourth-order valence-electron chi connectivity index (χ4n) is 2.79. The first-order valence-corrected chi connectivity index (χ1v) is 7.91. The highest BCUT2D eigenvalue weighted by molar-refractivity contribution is 5.90. The number of hydrogen-bond donors (Lipinski definition) is 3. The van der Waals surface area contributed by atoms with Crippen molar-refractivity contribution in [2.75, 3.05) is 0 Å². The van der Waals surface area contributed by atoms with E-state index in [1.165, 1.54) is 18.8 Å². The maximum absolute atomic E-state index is 12.1. The molecular formula is C18H23NO5. The molecule has 0 saturated heterocycles. The van der Waals surface area contributed by atoms with Gasteiger partial charge in [-0.05, 0) is 43.0 Å². The summed E-state index contributed by atoms with van der Waals surface area (Å²) in [6, 6.07) is 2.64. The van der Waals surface area contributed by atoms with Crippen LogP contribution in [0.15, 0.2) is 22.8 Å². The average molecular weight is 333 g/mol. The highest BCUT2D eigenvalue weighted by atomic mass is 16.4. The molecule has 0 saturated carbocycles. The van der Waals surface area contributed by atoms with Crippen LogP contribution in [-0.4, -0.2) is 34.2 Å². The summed E-state index contributed by atoms with van der Waals surface area (Å²) in [5.41, 5.74) is 3.70. The van der Waals surface area contributed by atoms with Crippen LogP contribution in [-0.2, 0) is 16.0 Å². The Morgan fingerprint density at radius 2 is 1.92 bits per heavy atom. The number of aliphatic carboxylic acids is 1. The zero-order chi connectivity index (χ0) is 18.0. The van der Waals surface area contributed by atoms with Crippen molar-refractivity contribution in [2.24, 2.45) is 0 Å². The normalized spacial score (nSPS) is 13.9. The number of fused-ring (bicyclic) bond motifs is 1. The molecule has 2 unspecified atom stereocenters. The molecule has 1 aromatic heterocycles. The molecule has 1 aromatic carbocycles. The van der Waals surface area contributed by atoms with E-state index in [0.717, 1.165) is 10.9 Å². The number of carboxylic acid groups (broad SMARTS) is 1. The minimum atomic E-state index is -1.33. The molecule has 6 heteroatoms. The third-order valence-electron chi connectivity index (χ3n) is 4.08. The molecule has 3 N–H and O–H groups in total. The molecule has 2 atom stereocenters. The van der Waals surface area contributed by atoms with Gasteiger partial charge in [0.25, 0.3) is 0 Å². The first kappa shape index (κ1) is 18.0. The van der Waals surface area contributed by atoms with Crippen LogP contribution in [0.5, 0.6) is 0 Å². The largest absolute Gasteiger partial charge is 0.480 e. The van der Waals surface area contributed by atoms with E-state index in [4.69, 9.17) is 9.52 Å². The third kappa shape index (κ3) is 3.76. The monoisotopic (exact) mass is 333 g/mol. The third-order valence-corrected chi connectivity index (χ3v) is 4.08. The lowest BCUT2D eigenvalue weighted by Crippen LogP contribution is -2.48. The number of amides is 1. The van der Waals surface area contributed by atoms with Gasteiger partial charge in [0.1, 0.15) is 5.58 Å². The molecule has 2 rings (SSSR count). The van der Waals surface area contributed by atoms with Gasteiger partial charge in [0.05, 0.1) is 18.8 Å².